The van der Waals surface area contributed by atoms with E-state index in [0.29, 0.717) is 0 Å². The summed E-state index contributed by atoms with van der Waals surface area (Å²) in [6.07, 6.45) is 12.7. The zero-order valence-electron chi connectivity index (χ0n) is 8.64. The molecule has 1 fully saturated rings. The lowest BCUT2D eigenvalue weighted by molar-refractivity contribution is 0.971. The van der Waals surface area contributed by atoms with E-state index in [1.165, 1.54) is 17.6 Å². The average molecular weight is 194 g/mol. The molecule has 15 heavy (non-hydrogen) atoms. The van der Waals surface area contributed by atoms with Gasteiger partial charge in [-0.2, -0.15) is 0 Å². The van der Waals surface area contributed by atoms with Gasteiger partial charge in [-0.15, -0.1) is 0 Å². The summed E-state index contributed by atoms with van der Waals surface area (Å²) in [5, 5.41) is 0. The molecule has 2 atom stereocenters. The highest BCUT2D eigenvalue weighted by Gasteiger charge is 2.34. The monoisotopic (exact) mass is 194 g/mol. The van der Waals surface area contributed by atoms with Gasteiger partial charge in [0.25, 0.3) is 0 Å². The summed E-state index contributed by atoms with van der Waals surface area (Å²) in [4.78, 5) is 0. The normalized spacial score (nSPS) is 27.6. The first-order valence-corrected chi connectivity index (χ1v) is 5.55. The van der Waals surface area contributed by atoms with Crippen molar-refractivity contribution in [1.29, 1.82) is 0 Å². The minimum atomic E-state index is 0.838. The maximum Gasteiger partial charge on any atom is -0.0155 e. The fraction of sp³-hybridized carbons (Fsp3) is 0.200. The molecule has 0 heteroatoms. The van der Waals surface area contributed by atoms with Crippen molar-refractivity contribution in [2.45, 2.75) is 6.42 Å². The van der Waals surface area contributed by atoms with Crippen LogP contribution in [0.15, 0.2) is 60.2 Å². The Morgan fingerprint density at radius 1 is 1.00 bits per heavy atom. The van der Waals surface area contributed by atoms with Gasteiger partial charge in [-0.1, -0.05) is 60.7 Å². The van der Waals surface area contributed by atoms with Crippen LogP contribution in [-0.2, 0) is 0 Å². The van der Waals surface area contributed by atoms with Crippen LogP contribution in [0.2, 0.25) is 0 Å². The number of hydrogen-bond acceptors (Lipinski definition) is 0. The van der Waals surface area contributed by atoms with Gasteiger partial charge < -0.3 is 0 Å². The fourth-order valence-corrected chi connectivity index (χ4v) is 2.05. The molecule has 1 saturated carbocycles. The Labute approximate surface area is 90.6 Å². The Balaban J connectivity index is 1.75. The number of allylic oxidation sites excluding steroid dienone is 5. The van der Waals surface area contributed by atoms with E-state index in [1.807, 2.05) is 6.07 Å². The fourth-order valence-electron chi connectivity index (χ4n) is 2.05. The molecule has 1 aromatic rings. The van der Waals surface area contributed by atoms with E-state index in [4.69, 9.17) is 0 Å². The maximum absolute atomic E-state index is 2.39. The van der Waals surface area contributed by atoms with Crippen LogP contribution in [0.5, 0.6) is 0 Å². The summed E-state index contributed by atoms with van der Waals surface area (Å²) in [7, 11) is 0. The average Bonchev–Trinajstić information content (AvgIpc) is 3.06. The third kappa shape index (κ3) is 1.94. The molecule has 3 rings (SSSR count). The number of rotatable bonds is 2. The van der Waals surface area contributed by atoms with Crippen molar-refractivity contribution in [3.05, 3.63) is 65.8 Å². The van der Waals surface area contributed by atoms with E-state index in [0.717, 1.165) is 11.8 Å². The third-order valence-corrected chi connectivity index (χ3v) is 3.10. The second-order valence-electron chi connectivity index (χ2n) is 4.33. The van der Waals surface area contributed by atoms with Crippen LogP contribution in [0, 0.1) is 11.8 Å². The molecule has 0 radical (unpaired) electrons. The molecule has 0 spiro atoms. The highest BCUT2D eigenvalue weighted by molar-refractivity contribution is 5.55. The summed E-state index contributed by atoms with van der Waals surface area (Å²) >= 11 is 0. The van der Waals surface area contributed by atoms with Crippen LogP contribution < -0.4 is 0 Å². The van der Waals surface area contributed by atoms with Crippen LogP contribution in [-0.4, -0.2) is 0 Å². The van der Waals surface area contributed by atoms with E-state index >= 15 is 0 Å². The van der Waals surface area contributed by atoms with Crippen LogP contribution in [0.1, 0.15) is 12.0 Å². The summed E-state index contributed by atoms with van der Waals surface area (Å²) in [5.41, 5.74) is 2.63. The van der Waals surface area contributed by atoms with Crippen molar-refractivity contribution in [3.8, 4) is 0 Å². The Hall–Kier alpha value is -1.56. The van der Waals surface area contributed by atoms with E-state index in [9.17, 15) is 0 Å². The number of hydrogen-bond donors (Lipinski definition) is 0. The Morgan fingerprint density at radius 3 is 2.67 bits per heavy atom. The molecule has 0 bridgehead atoms. The molecule has 1 aromatic carbocycles. The van der Waals surface area contributed by atoms with E-state index in [2.05, 4.69) is 54.6 Å². The molecular formula is C15H14. The number of fused-ring (bicyclic) bond motifs is 1. The Bertz CT molecular complexity index is 434. The Morgan fingerprint density at radius 2 is 1.87 bits per heavy atom. The summed E-state index contributed by atoms with van der Waals surface area (Å²) in [6.45, 7) is 0. The van der Waals surface area contributed by atoms with Crippen molar-refractivity contribution < 1.29 is 0 Å². The minimum Gasteiger partial charge on any atom is -0.0802 e. The van der Waals surface area contributed by atoms with Crippen molar-refractivity contribution in [1.82, 2.24) is 0 Å². The molecule has 0 heterocycles. The molecule has 0 N–H and O–H groups in total. The summed E-state index contributed by atoms with van der Waals surface area (Å²) in [5.74, 6) is 1.70. The first-order valence-electron chi connectivity index (χ1n) is 5.55. The standard InChI is InChI=1S/C15H14/c1-2-4-12(5-3-1)6-7-13-8-9-14-11-15(14)10-13/h1-10,14-15H,11H2/b7-6+. The van der Waals surface area contributed by atoms with Crippen LogP contribution in [0.4, 0.5) is 0 Å². The first kappa shape index (κ1) is 8.72. The van der Waals surface area contributed by atoms with Gasteiger partial charge in [-0.3, -0.25) is 0 Å². The third-order valence-electron chi connectivity index (χ3n) is 3.10. The predicted octanol–water partition coefficient (Wildman–Crippen LogP) is 3.83. The van der Waals surface area contributed by atoms with Gasteiger partial charge >= 0.3 is 0 Å². The summed E-state index contributed by atoms with van der Waals surface area (Å²) in [6, 6.07) is 10.4. The molecule has 2 unspecified atom stereocenters. The van der Waals surface area contributed by atoms with Gasteiger partial charge in [0.15, 0.2) is 0 Å². The Kier molecular flexibility index (Phi) is 2.06. The molecule has 0 nitrogen and oxygen atoms in total. The van der Waals surface area contributed by atoms with Crippen LogP contribution in [0.3, 0.4) is 0 Å². The van der Waals surface area contributed by atoms with Crippen LogP contribution in [0.25, 0.3) is 6.08 Å². The lowest BCUT2D eigenvalue weighted by atomic mass is 10.1. The van der Waals surface area contributed by atoms with Gasteiger partial charge in [0.1, 0.15) is 0 Å². The molecular weight excluding hydrogens is 180 g/mol. The summed E-state index contributed by atoms with van der Waals surface area (Å²) < 4.78 is 0. The lowest BCUT2D eigenvalue weighted by Crippen LogP contribution is -1.84. The van der Waals surface area contributed by atoms with Gasteiger partial charge in [-0.25, -0.2) is 0 Å². The quantitative estimate of drug-likeness (QED) is 0.671. The molecule has 0 aromatic heterocycles. The lowest BCUT2D eigenvalue weighted by Gasteiger charge is -2.00. The molecule has 0 aliphatic heterocycles. The molecule has 74 valence electrons. The van der Waals surface area contributed by atoms with E-state index < -0.39 is 0 Å². The largest absolute Gasteiger partial charge is 0.0802 e. The highest BCUT2D eigenvalue weighted by Crippen LogP contribution is 2.44. The second-order valence-corrected chi connectivity index (χ2v) is 4.33. The SMILES string of the molecule is C1=CC2CC2C=C1/C=C/c1ccccc1. The van der Waals surface area contributed by atoms with Gasteiger partial charge in [0.2, 0.25) is 0 Å². The predicted molar refractivity (Wildman–Crippen MR) is 64.3 cm³/mol. The molecule has 0 amide bonds. The maximum atomic E-state index is 2.39. The minimum absolute atomic E-state index is 0.838. The van der Waals surface area contributed by atoms with Gasteiger partial charge in [-0.05, 0) is 29.4 Å². The van der Waals surface area contributed by atoms with E-state index in [-0.39, 0.29) is 0 Å². The molecule has 2 aliphatic rings. The second kappa shape index (κ2) is 3.54. The van der Waals surface area contributed by atoms with Crippen molar-refractivity contribution in [2.24, 2.45) is 11.8 Å². The van der Waals surface area contributed by atoms with Crippen molar-refractivity contribution in [3.63, 3.8) is 0 Å². The van der Waals surface area contributed by atoms with Gasteiger partial charge in [0.05, 0.1) is 0 Å². The molecule has 2 aliphatic carbocycles. The molecule has 0 saturated heterocycles. The zero-order chi connectivity index (χ0) is 10.1. The highest BCUT2D eigenvalue weighted by atomic mass is 14.4. The van der Waals surface area contributed by atoms with Gasteiger partial charge in [0, 0.05) is 0 Å². The number of benzene rings is 1. The smallest absolute Gasteiger partial charge is 0.0155 e. The topological polar surface area (TPSA) is 0 Å². The van der Waals surface area contributed by atoms with Crippen molar-refractivity contribution >= 4 is 6.08 Å². The van der Waals surface area contributed by atoms with Crippen molar-refractivity contribution in [2.75, 3.05) is 0 Å². The van der Waals surface area contributed by atoms with E-state index in [1.54, 1.807) is 0 Å². The van der Waals surface area contributed by atoms with Crippen LogP contribution >= 0.6 is 0 Å². The first-order chi connectivity index (χ1) is 7.42. The zero-order valence-corrected chi connectivity index (χ0v) is 8.64.